The zero-order valence-electron chi connectivity index (χ0n) is 11.8. The summed E-state index contributed by atoms with van der Waals surface area (Å²) in [4.78, 5) is 12.3. The van der Waals surface area contributed by atoms with E-state index in [0.29, 0.717) is 11.3 Å². The molecule has 0 spiro atoms. The molecule has 21 heavy (non-hydrogen) atoms. The fourth-order valence-corrected chi connectivity index (χ4v) is 2.07. The van der Waals surface area contributed by atoms with E-state index in [0.717, 1.165) is 5.69 Å². The lowest BCUT2D eigenvalue weighted by molar-refractivity contribution is 0.102. The van der Waals surface area contributed by atoms with E-state index in [4.69, 9.17) is 11.6 Å². The molecule has 0 fully saturated rings. The Morgan fingerprint density at radius 3 is 2.57 bits per heavy atom. The molecule has 0 atom stereocenters. The summed E-state index contributed by atoms with van der Waals surface area (Å²) < 4.78 is 13.1. The molecule has 0 unspecified atom stereocenters. The van der Waals surface area contributed by atoms with Gasteiger partial charge in [0.2, 0.25) is 0 Å². The van der Waals surface area contributed by atoms with Gasteiger partial charge in [0.25, 0.3) is 5.91 Å². The van der Waals surface area contributed by atoms with Crippen LogP contribution in [0.15, 0.2) is 42.5 Å². The molecule has 5 heteroatoms. The molecule has 0 saturated heterocycles. The van der Waals surface area contributed by atoms with Gasteiger partial charge in [-0.1, -0.05) is 23.7 Å². The second kappa shape index (κ2) is 6.59. The summed E-state index contributed by atoms with van der Waals surface area (Å²) in [7, 11) is 0. The molecule has 0 heterocycles. The van der Waals surface area contributed by atoms with Gasteiger partial charge in [0, 0.05) is 17.4 Å². The molecule has 1 amide bonds. The molecular weight excluding hydrogens is 291 g/mol. The van der Waals surface area contributed by atoms with Gasteiger partial charge in [-0.3, -0.25) is 4.79 Å². The van der Waals surface area contributed by atoms with E-state index in [1.807, 2.05) is 26.0 Å². The molecule has 2 rings (SSSR count). The van der Waals surface area contributed by atoms with Crippen molar-refractivity contribution >= 4 is 28.9 Å². The maximum Gasteiger partial charge on any atom is 0.257 e. The Labute approximate surface area is 128 Å². The van der Waals surface area contributed by atoms with Crippen molar-refractivity contribution in [2.24, 2.45) is 0 Å². The SMILES string of the molecule is CC(C)Nc1ccccc1C(=O)Nc1ccc(F)c(Cl)c1. The van der Waals surface area contributed by atoms with Crippen LogP contribution in [0.4, 0.5) is 15.8 Å². The Hall–Kier alpha value is -2.07. The molecule has 0 aliphatic rings. The van der Waals surface area contributed by atoms with Crippen LogP contribution in [0.3, 0.4) is 0 Å². The number of hydrogen-bond donors (Lipinski definition) is 2. The van der Waals surface area contributed by atoms with Gasteiger partial charge in [0.15, 0.2) is 0 Å². The number of nitrogens with one attached hydrogen (secondary N) is 2. The maximum atomic E-state index is 13.1. The molecule has 0 aliphatic carbocycles. The Morgan fingerprint density at radius 2 is 1.90 bits per heavy atom. The number of carbonyl (C=O) groups excluding carboxylic acids is 1. The van der Waals surface area contributed by atoms with Crippen molar-refractivity contribution < 1.29 is 9.18 Å². The van der Waals surface area contributed by atoms with Crippen LogP contribution in [-0.2, 0) is 0 Å². The van der Waals surface area contributed by atoms with Crippen molar-refractivity contribution in [2.45, 2.75) is 19.9 Å². The number of para-hydroxylation sites is 1. The van der Waals surface area contributed by atoms with Crippen LogP contribution in [0, 0.1) is 5.82 Å². The second-order valence-electron chi connectivity index (χ2n) is 4.93. The van der Waals surface area contributed by atoms with Crippen molar-refractivity contribution in [2.75, 3.05) is 10.6 Å². The molecule has 0 bridgehead atoms. The Balaban J connectivity index is 2.22. The highest BCUT2D eigenvalue weighted by atomic mass is 35.5. The normalized spacial score (nSPS) is 10.5. The van der Waals surface area contributed by atoms with Crippen LogP contribution in [0.2, 0.25) is 5.02 Å². The third kappa shape index (κ3) is 3.95. The zero-order valence-corrected chi connectivity index (χ0v) is 12.5. The topological polar surface area (TPSA) is 41.1 Å². The summed E-state index contributed by atoms with van der Waals surface area (Å²) >= 11 is 5.70. The lowest BCUT2D eigenvalue weighted by atomic mass is 10.1. The van der Waals surface area contributed by atoms with Gasteiger partial charge in [0.05, 0.1) is 10.6 Å². The van der Waals surface area contributed by atoms with Gasteiger partial charge in [-0.25, -0.2) is 4.39 Å². The van der Waals surface area contributed by atoms with E-state index in [-0.39, 0.29) is 17.0 Å². The lowest BCUT2D eigenvalue weighted by Gasteiger charge is -2.14. The largest absolute Gasteiger partial charge is 0.382 e. The number of hydrogen-bond acceptors (Lipinski definition) is 2. The monoisotopic (exact) mass is 306 g/mol. The van der Waals surface area contributed by atoms with Gasteiger partial charge in [-0.05, 0) is 44.2 Å². The minimum Gasteiger partial charge on any atom is -0.382 e. The zero-order chi connectivity index (χ0) is 15.4. The summed E-state index contributed by atoms with van der Waals surface area (Å²) in [5.74, 6) is -0.794. The second-order valence-corrected chi connectivity index (χ2v) is 5.33. The first-order valence-corrected chi connectivity index (χ1v) is 6.97. The number of carbonyl (C=O) groups is 1. The summed E-state index contributed by atoms with van der Waals surface area (Å²) in [6.07, 6.45) is 0. The molecule has 3 nitrogen and oxygen atoms in total. The number of benzene rings is 2. The molecular formula is C16H16ClFN2O. The minimum absolute atomic E-state index is 0.0265. The average molecular weight is 307 g/mol. The van der Waals surface area contributed by atoms with Crippen molar-refractivity contribution in [3.05, 3.63) is 58.9 Å². The van der Waals surface area contributed by atoms with E-state index >= 15 is 0 Å². The summed E-state index contributed by atoms with van der Waals surface area (Å²) in [6, 6.07) is 11.5. The molecule has 2 N–H and O–H groups in total. The number of halogens is 2. The van der Waals surface area contributed by atoms with E-state index in [2.05, 4.69) is 10.6 Å². The molecule has 0 saturated carbocycles. The van der Waals surface area contributed by atoms with Crippen molar-refractivity contribution in [3.8, 4) is 0 Å². The van der Waals surface area contributed by atoms with Crippen LogP contribution >= 0.6 is 11.6 Å². The summed E-state index contributed by atoms with van der Waals surface area (Å²) in [5, 5.41) is 5.90. The summed E-state index contributed by atoms with van der Waals surface area (Å²) in [6.45, 7) is 3.99. The molecule has 2 aromatic rings. The molecule has 0 radical (unpaired) electrons. The minimum atomic E-state index is -0.517. The lowest BCUT2D eigenvalue weighted by Crippen LogP contribution is -2.17. The predicted molar refractivity (Wildman–Crippen MR) is 84.6 cm³/mol. The molecule has 0 aliphatic heterocycles. The highest BCUT2D eigenvalue weighted by Gasteiger charge is 2.12. The third-order valence-electron chi connectivity index (χ3n) is 2.79. The standard InChI is InChI=1S/C16H16ClFN2O/c1-10(2)19-15-6-4-3-5-12(15)16(21)20-11-7-8-14(18)13(17)9-11/h3-10,19H,1-2H3,(H,20,21). The van der Waals surface area contributed by atoms with E-state index in [1.54, 1.807) is 12.1 Å². The average Bonchev–Trinajstić information content (AvgIpc) is 2.43. The predicted octanol–water partition coefficient (Wildman–Crippen LogP) is 4.55. The van der Waals surface area contributed by atoms with Crippen molar-refractivity contribution in [1.82, 2.24) is 0 Å². The van der Waals surface area contributed by atoms with Crippen LogP contribution in [0.1, 0.15) is 24.2 Å². The molecule has 0 aromatic heterocycles. The molecule has 2 aromatic carbocycles. The van der Waals surface area contributed by atoms with Gasteiger partial charge < -0.3 is 10.6 Å². The first-order valence-electron chi connectivity index (χ1n) is 6.59. The van der Waals surface area contributed by atoms with Crippen LogP contribution in [-0.4, -0.2) is 11.9 Å². The Morgan fingerprint density at radius 1 is 1.19 bits per heavy atom. The van der Waals surface area contributed by atoms with Crippen molar-refractivity contribution in [3.63, 3.8) is 0 Å². The van der Waals surface area contributed by atoms with Crippen LogP contribution < -0.4 is 10.6 Å². The third-order valence-corrected chi connectivity index (χ3v) is 3.08. The van der Waals surface area contributed by atoms with E-state index in [9.17, 15) is 9.18 Å². The smallest absolute Gasteiger partial charge is 0.257 e. The highest BCUT2D eigenvalue weighted by Crippen LogP contribution is 2.22. The Bertz CT molecular complexity index is 658. The van der Waals surface area contributed by atoms with Gasteiger partial charge >= 0.3 is 0 Å². The summed E-state index contributed by atoms with van der Waals surface area (Å²) in [5.41, 5.74) is 1.72. The fraction of sp³-hybridized carbons (Fsp3) is 0.188. The number of anilines is 2. The van der Waals surface area contributed by atoms with Gasteiger partial charge in [-0.15, -0.1) is 0 Å². The van der Waals surface area contributed by atoms with Crippen LogP contribution in [0.25, 0.3) is 0 Å². The quantitative estimate of drug-likeness (QED) is 0.870. The van der Waals surface area contributed by atoms with Crippen molar-refractivity contribution in [1.29, 1.82) is 0 Å². The highest BCUT2D eigenvalue weighted by molar-refractivity contribution is 6.31. The van der Waals surface area contributed by atoms with Crippen LogP contribution in [0.5, 0.6) is 0 Å². The first kappa shape index (κ1) is 15.3. The van der Waals surface area contributed by atoms with E-state index < -0.39 is 5.82 Å². The fourth-order valence-electron chi connectivity index (χ4n) is 1.89. The molecule has 110 valence electrons. The number of amides is 1. The van der Waals surface area contributed by atoms with Gasteiger partial charge in [0.1, 0.15) is 5.82 Å². The Kier molecular flexibility index (Phi) is 4.81. The number of rotatable bonds is 4. The maximum absolute atomic E-state index is 13.1. The first-order chi connectivity index (χ1) is 9.97. The van der Waals surface area contributed by atoms with Gasteiger partial charge in [-0.2, -0.15) is 0 Å². The van der Waals surface area contributed by atoms with E-state index in [1.165, 1.54) is 18.2 Å².